The Bertz CT molecular complexity index is 1400. The number of carbonyl (C=O) groups is 2. The number of carbonyl (C=O) groups excluding carboxylic acids is 2. The van der Waals surface area contributed by atoms with E-state index in [4.69, 9.17) is 11.6 Å². The van der Waals surface area contributed by atoms with Gasteiger partial charge >= 0.3 is 0 Å². The summed E-state index contributed by atoms with van der Waals surface area (Å²) in [4.78, 5) is 30.3. The Balaban J connectivity index is 1.27. The fourth-order valence-electron chi connectivity index (χ4n) is 3.22. The average molecular weight is 539 g/mol. The second kappa shape index (κ2) is 12.0. The van der Waals surface area contributed by atoms with Crippen molar-refractivity contribution in [3.05, 3.63) is 82.0 Å². The zero-order valence-electron chi connectivity index (χ0n) is 19.6. The summed E-state index contributed by atoms with van der Waals surface area (Å²) >= 11 is 8.80. The van der Waals surface area contributed by atoms with Gasteiger partial charge in [-0.05, 0) is 24.6 Å². The van der Waals surface area contributed by atoms with Gasteiger partial charge in [0.05, 0.1) is 18.0 Å². The van der Waals surface area contributed by atoms with Crippen LogP contribution in [0.5, 0.6) is 0 Å². The van der Waals surface area contributed by atoms with E-state index in [2.05, 4.69) is 25.8 Å². The maximum absolute atomic E-state index is 12.5. The quantitative estimate of drug-likeness (QED) is 0.231. The first-order chi connectivity index (χ1) is 17.4. The van der Waals surface area contributed by atoms with Crippen molar-refractivity contribution in [3.63, 3.8) is 0 Å². The molecule has 2 N–H and O–H groups in total. The van der Waals surface area contributed by atoms with E-state index in [1.165, 1.54) is 29.2 Å². The molecule has 0 aliphatic rings. The largest absolute Gasteiger partial charge is 0.345 e. The van der Waals surface area contributed by atoms with Gasteiger partial charge in [0.25, 0.3) is 0 Å². The number of nitrogens with one attached hydrogen (secondary N) is 2. The number of nitrogens with zero attached hydrogens (tertiary/aromatic N) is 4. The van der Waals surface area contributed by atoms with E-state index in [9.17, 15) is 9.59 Å². The highest BCUT2D eigenvalue weighted by atomic mass is 35.5. The van der Waals surface area contributed by atoms with Crippen molar-refractivity contribution < 1.29 is 9.59 Å². The molecule has 0 atom stereocenters. The van der Waals surface area contributed by atoms with Crippen molar-refractivity contribution in [3.8, 4) is 11.3 Å². The van der Waals surface area contributed by atoms with Gasteiger partial charge in [-0.25, -0.2) is 4.98 Å². The monoisotopic (exact) mass is 538 g/mol. The van der Waals surface area contributed by atoms with Gasteiger partial charge in [-0.2, -0.15) is 0 Å². The van der Waals surface area contributed by atoms with Crippen LogP contribution < -0.4 is 10.6 Å². The fourth-order valence-corrected chi connectivity index (χ4v) is 5.01. The van der Waals surface area contributed by atoms with Crippen LogP contribution in [0.4, 0.5) is 5.13 Å². The number of hydrogen-bond acceptors (Lipinski definition) is 7. The SMILES string of the molecule is Cc1sc(NC(=O)CSc2nnc(CNC(=O)/C=C/c3ccccc3Cl)n2C)nc1-c1ccccc1. The van der Waals surface area contributed by atoms with Crippen LogP contribution in [0.15, 0.2) is 65.8 Å². The maximum atomic E-state index is 12.5. The molecule has 0 saturated carbocycles. The summed E-state index contributed by atoms with van der Waals surface area (Å²) in [6, 6.07) is 17.1. The molecule has 0 aliphatic heterocycles. The van der Waals surface area contributed by atoms with Crippen LogP contribution in [-0.2, 0) is 23.2 Å². The lowest BCUT2D eigenvalue weighted by Crippen LogP contribution is -2.22. The van der Waals surface area contributed by atoms with Gasteiger partial charge in [0.2, 0.25) is 11.8 Å². The average Bonchev–Trinajstić information content (AvgIpc) is 3.42. The number of anilines is 1. The predicted octanol–water partition coefficient (Wildman–Crippen LogP) is 4.96. The minimum absolute atomic E-state index is 0.151. The lowest BCUT2D eigenvalue weighted by Gasteiger charge is -2.05. The third kappa shape index (κ3) is 6.60. The van der Waals surface area contributed by atoms with E-state index in [0.717, 1.165) is 21.7 Å². The molecule has 8 nitrogen and oxygen atoms in total. The Morgan fingerprint density at radius 1 is 1.11 bits per heavy atom. The summed E-state index contributed by atoms with van der Waals surface area (Å²) in [6.07, 6.45) is 3.07. The molecule has 11 heteroatoms. The summed E-state index contributed by atoms with van der Waals surface area (Å²) in [5.41, 5.74) is 2.64. The molecule has 0 radical (unpaired) electrons. The lowest BCUT2D eigenvalue weighted by atomic mass is 10.1. The van der Waals surface area contributed by atoms with E-state index >= 15 is 0 Å². The van der Waals surface area contributed by atoms with Crippen molar-refractivity contribution >= 4 is 57.7 Å². The highest BCUT2D eigenvalue weighted by Crippen LogP contribution is 2.30. The van der Waals surface area contributed by atoms with Crippen LogP contribution in [0.2, 0.25) is 5.02 Å². The number of thioether (sulfide) groups is 1. The standard InChI is InChI=1S/C25H23ClN6O2S2/c1-16-23(18-9-4-3-5-10-18)29-24(36-16)28-22(34)15-35-25-31-30-20(32(25)2)14-27-21(33)13-12-17-8-6-7-11-19(17)26/h3-13H,14-15H2,1-2H3,(H,27,33)(H,28,29,34)/b13-12+. The van der Waals surface area contributed by atoms with Crippen molar-refractivity contribution in [1.82, 2.24) is 25.1 Å². The van der Waals surface area contributed by atoms with Crippen molar-refractivity contribution in [2.45, 2.75) is 18.6 Å². The van der Waals surface area contributed by atoms with Crippen LogP contribution in [0.1, 0.15) is 16.3 Å². The van der Waals surface area contributed by atoms with Gasteiger partial charge in [0.1, 0.15) is 0 Å². The predicted molar refractivity (Wildman–Crippen MR) is 145 cm³/mol. The first-order valence-electron chi connectivity index (χ1n) is 10.9. The van der Waals surface area contributed by atoms with Crippen LogP contribution in [0.25, 0.3) is 17.3 Å². The zero-order valence-corrected chi connectivity index (χ0v) is 22.0. The van der Waals surface area contributed by atoms with Gasteiger partial charge in [-0.3, -0.25) is 9.59 Å². The minimum atomic E-state index is -0.278. The first kappa shape index (κ1) is 25.6. The fraction of sp³-hybridized carbons (Fsp3) is 0.160. The number of aryl methyl sites for hydroxylation is 1. The van der Waals surface area contributed by atoms with Gasteiger partial charge in [0.15, 0.2) is 16.1 Å². The normalized spacial score (nSPS) is 11.1. The van der Waals surface area contributed by atoms with E-state index < -0.39 is 0 Å². The Morgan fingerprint density at radius 3 is 2.64 bits per heavy atom. The minimum Gasteiger partial charge on any atom is -0.345 e. The number of halogens is 1. The summed E-state index contributed by atoms with van der Waals surface area (Å²) in [5, 5.41) is 15.6. The summed E-state index contributed by atoms with van der Waals surface area (Å²) in [6.45, 7) is 2.18. The van der Waals surface area contributed by atoms with Gasteiger partial charge < -0.3 is 15.2 Å². The van der Waals surface area contributed by atoms with E-state index in [1.807, 2.05) is 55.5 Å². The molecule has 2 aromatic carbocycles. The molecule has 0 saturated heterocycles. The van der Waals surface area contributed by atoms with Crippen LogP contribution >= 0.6 is 34.7 Å². The molecule has 0 bridgehead atoms. The Hall–Kier alpha value is -3.47. The lowest BCUT2D eigenvalue weighted by molar-refractivity contribution is -0.116. The molecule has 0 unspecified atom stereocenters. The van der Waals surface area contributed by atoms with E-state index in [-0.39, 0.29) is 24.1 Å². The third-order valence-electron chi connectivity index (χ3n) is 5.09. The molecular formula is C25H23ClN6O2S2. The van der Waals surface area contributed by atoms with Crippen LogP contribution in [-0.4, -0.2) is 37.3 Å². The number of thiazole rings is 1. The van der Waals surface area contributed by atoms with Gasteiger partial charge in [-0.1, -0.05) is 71.9 Å². The molecule has 36 heavy (non-hydrogen) atoms. The molecule has 0 spiro atoms. The molecule has 2 heterocycles. The highest BCUT2D eigenvalue weighted by molar-refractivity contribution is 7.99. The smallest absolute Gasteiger partial charge is 0.244 e. The Kier molecular flexibility index (Phi) is 8.52. The third-order valence-corrected chi connectivity index (χ3v) is 7.34. The molecular weight excluding hydrogens is 516 g/mol. The summed E-state index contributed by atoms with van der Waals surface area (Å²) in [7, 11) is 1.79. The highest BCUT2D eigenvalue weighted by Gasteiger charge is 2.15. The number of aromatic nitrogens is 4. The summed E-state index contributed by atoms with van der Waals surface area (Å²) < 4.78 is 1.75. The maximum Gasteiger partial charge on any atom is 0.244 e. The Labute approximate surface area is 221 Å². The molecule has 0 aliphatic carbocycles. The number of hydrogen-bond donors (Lipinski definition) is 2. The van der Waals surface area contributed by atoms with E-state index in [1.54, 1.807) is 23.8 Å². The van der Waals surface area contributed by atoms with Crippen LogP contribution in [0.3, 0.4) is 0 Å². The molecule has 0 fully saturated rings. The van der Waals surface area contributed by atoms with E-state index in [0.29, 0.717) is 21.1 Å². The van der Waals surface area contributed by atoms with Crippen molar-refractivity contribution in [2.75, 3.05) is 11.1 Å². The second-order valence-electron chi connectivity index (χ2n) is 7.66. The molecule has 4 rings (SSSR count). The van der Waals surface area contributed by atoms with Crippen molar-refractivity contribution in [1.29, 1.82) is 0 Å². The number of amides is 2. The molecule has 2 amide bonds. The topological polar surface area (TPSA) is 102 Å². The number of benzene rings is 2. The second-order valence-corrected chi connectivity index (χ2v) is 10.2. The molecule has 2 aromatic heterocycles. The van der Waals surface area contributed by atoms with Crippen LogP contribution in [0, 0.1) is 6.92 Å². The first-order valence-corrected chi connectivity index (χ1v) is 13.1. The molecule has 184 valence electrons. The zero-order chi connectivity index (χ0) is 25.5. The van der Waals surface area contributed by atoms with Gasteiger partial charge in [0, 0.05) is 28.6 Å². The molecule has 4 aromatic rings. The number of rotatable bonds is 9. The Morgan fingerprint density at radius 2 is 1.86 bits per heavy atom. The van der Waals surface area contributed by atoms with Gasteiger partial charge in [-0.15, -0.1) is 21.5 Å². The van der Waals surface area contributed by atoms with Crippen molar-refractivity contribution in [2.24, 2.45) is 7.05 Å². The summed E-state index contributed by atoms with van der Waals surface area (Å²) in [5.74, 6) is 0.259.